The first-order valence-electron chi connectivity index (χ1n) is 12.3. The Bertz CT molecular complexity index is 2320. The monoisotopic (exact) mass is 457 g/mol. The van der Waals surface area contributed by atoms with E-state index in [0.29, 0.717) is 0 Å². The molecule has 0 atom stereocenters. The fourth-order valence-corrected chi connectivity index (χ4v) is 6.42. The molecule has 9 rings (SSSR count). The molecule has 4 aromatic carbocycles. The van der Waals surface area contributed by atoms with Gasteiger partial charge in [0.05, 0.1) is 33.1 Å². The lowest BCUT2D eigenvalue weighted by molar-refractivity contribution is 1.12. The van der Waals surface area contributed by atoms with Crippen molar-refractivity contribution in [3.8, 4) is 5.82 Å². The number of hydrogen-bond donors (Lipinski definition) is 0. The molecule has 3 nitrogen and oxygen atoms in total. The largest absolute Gasteiger partial charge is 0.306 e. The van der Waals surface area contributed by atoms with Crippen LogP contribution in [-0.4, -0.2) is 14.0 Å². The number of pyridine rings is 2. The summed E-state index contributed by atoms with van der Waals surface area (Å²) < 4.78 is 4.86. The van der Waals surface area contributed by atoms with Crippen LogP contribution in [-0.2, 0) is 0 Å². The van der Waals surface area contributed by atoms with Gasteiger partial charge in [-0.1, -0.05) is 91.0 Å². The van der Waals surface area contributed by atoms with Crippen LogP contribution in [0.15, 0.2) is 115 Å². The minimum Gasteiger partial charge on any atom is -0.306 e. The summed E-state index contributed by atoms with van der Waals surface area (Å²) in [5, 5.41) is 8.68. The Morgan fingerprint density at radius 2 is 1.03 bits per heavy atom. The molecule has 5 heterocycles. The van der Waals surface area contributed by atoms with Crippen molar-refractivity contribution in [2.75, 3.05) is 0 Å². The van der Waals surface area contributed by atoms with Gasteiger partial charge in [-0.3, -0.25) is 4.57 Å². The van der Waals surface area contributed by atoms with E-state index in [1.807, 2.05) is 0 Å². The molecular formula is C33H19N3. The molecular weight excluding hydrogens is 438 g/mol. The van der Waals surface area contributed by atoms with E-state index in [2.05, 4.69) is 124 Å². The molecule has 0 aliphatic heterocycles. The van der Waals surface area contributed by atoms with Gasteiger partial charge in [-0.25, -0.2) is 4.98 Å². The maximum Gasteiger partial charge on any atom is 0.146 e. The third-order valence-electron chi connectivity index (χ3n) is 7.83. The second-order valence-electron chi connectivity index (χ2n) is 9.60. The molecule has 0 unspecified atom stereocenters. The Kier molecular flexibility index (Phi) is 3.28. The summed E-state index contributed by atoms with van der Waals surface area (Å²) in [6, 6.07) is 41.3. The quantitative estimate of drug-likeness (QED) is 0.227. The highest BCUT2D eigenvalue weighted by atomic mass is 15.1. The van der Waals surface area contributed by atoms with Crippen LogP contribution in [0.2, 0.25) is 0 Å². The summed E-state index contributed by atoms with van der Waals surface area (Å²) in [5.41, 5.74) is 7.17. The summed E-state index contributed by atoms with van der Waals surface area (Å²) in [6.07, 6.45) is 0. The number of benzene rings is 4. The molecule has 0 saturated heterocycles. The van der Waals surface area contributed by atoms with Crippen LogP contribution < -0.4 is 0 Å². The maximum absolute atomic E-state index is 5.32. The Morgan fingerprint density at radius 1 is 0.417 bits per heavy atom. The number of fused-ring (bicyclic) bond motifs is 11. The predicted octanol–water partition coefficient (Wildman–Crippen LogP) is 8.48. The van der Waals surface area contributed by atoms with Gasteiger partial charge in [-0.05, 0) is 29.7 Å². The minimum atomic E-state index is 0.980. The average Bonchev–Trinajstić information content (AvgIpc) is 3.57. The van der Waals surface area contributed by atoms with Crippen LogP contribution in [0.4, 0.5) is 0 Å². The van der Waals surface area contributed by atoms with Gasteiger partial charge < -0.3 is 4.40 Å². The topological polar surface area (TPSA) is 22.2 Å². The van der Waals surface area contributed by atoms with Gasteiger partial charge in [0.25, 0.3) is 0 Å². The summed E-state index contributed by atoms with van der Waals surface area (Å²) in [4.78, 5) is 5.32. The van der Waals surface area contributed by atoms with E-state index in [9.17, 15) is 0 Å². The van der Waals surface area contributed by atoms with Crippen molar-refractivity contribution in [3.05, 3.63) is 115 Å². The molecule has 166 valence electrons. The Balaban J connectivity index is 1.62. The first-order chi connectivity index (χ1) is 17.9. The summed E-state index contributed by atoms with van der Waals surface area (Å²) >= 11 is 0. The summed E-state index contributed by atoms with van der Waals surface area (Å²) in [5.74, 6) is 0.980. The first-order valence-corrected chi connectivity index (χ1v) is 12.3. The fraction of sp³-hybridized carbons (Fsp3) is 0. The van der Waals surface area contributed by atoms with Crippen molar-refractivity contribution >= 4 is 70.8 Å². The van der Waals surface area contributed by atoms with Crippen molar-refractivity contribution < 1.29 is 0 Å². The second kappa shape index (κ2) is 6.41. The molecule has 0 aliphatic rings. The van der Waals surface area contributed by atoms with E-state index in [1.54, 1.807) is 0 Å². The van der Waals surface area contributed by atoms with Crippen LogP contribution in [0.3, 0.4) is 0 Å². The van der Waals surface area contributed by atoms with Gasteiger partial charge in [0.2, 0.25) is 0 Å². The van der Waals surface area contributed by atoms with Gasteiger partial charge >= 0.3 is 0 Å². The summed E-state index contributed by atoms with van der Waals surface area (Å²) in [6.45, 7) is 0. The Labute approximate surface area is 205 Å². The van der Waals surface area contributed by atoms with Crippen molar-refractivity contribution in [1.29, 1.82) is 0 Å². The average molecular weight is 458 g/mol. The van der Waals surface area contributed by atoms with Gasteiger partial charge in [0, 0.05) is 32.3 Å². The van der Waals surface area contributed by atoms with Gasteiger partial charge in [0.15, 0.2) is 0 Å². The number of nitrogens with zero attached hydrogens (tertiary/aromatic N) is 3. The van der Waals surface area contributed by atoms with Crippen molar-refractivity contribution in [1.82, 2.24) is 14.0 Å². The second-order valence-corrected chi connectivity index (χ2v) is 9.60. The molecule has 9 aromatic rings. The van der Waals surface area contributed by atoms with E-state index in [4.69, 9.17) is 4.98 Å². The minimum absolute atomic E-state index is 0.980. The zero-order chi connectivity index (χ0) is 23.4. The van der Waals surface area contributed by atoms with Crippen LogP contribution >= 0.6 is 0 Å². The van der Waals surface area contributed by atoms with Gasteiger partial charge in [-0.2, -0.15) is 0 Å². The van der Waals surface area contributed by atoms with Gasteiger partial charge in [-0.15, -0.1) is 0 Å². The highest BCUT2D eigenvalue weighted by Crippen LogP contribution is 2.45. The first kappa shape index (κ1) is 18.4. The van der Waals surface area contributed by atoms with Crippen LogP contribution in [0.25, 0.3) is 76.6 Å². The highest BCUT2D eigenvalue weighted by molar-refractivity contribution is 6.29. The van der Waals surface area contributed by atoms with E-state index in [-0.39, 0.29) is 0 Å². The Morgan fingerprint density at radius 3 is 1.89 bits per heavy atom. The third-order valence-corrected chi connectivity index (χ3v) is 7.83. The molecule has 5 aromatic heterocycles. The number of hydrogen-bond acceptors (Lipinski definition) is 1. The lowest BCUT2D eigenvalue weighted by atomic mass is 10.1. The molecule has 0 aliphatic carbocycles. The number of para-hydroxylation sites is 2. The van der Waals surface area contributed by atoms with E-state index < -0.39 is 0 Å². The van der Waals surface area contributed by atoms with Crippen LogP contribution in [0, 0.1) is 0 Å². The fourth-order valence-electron chi connectivity index (χ4n) is 6.42. The molecule has 3 heteroatoms. The molecule has 0 saturated carbocycles. The predicted molar refractivity (Wildman–Crippen MR) is 151 cm³/mol. The SMILES string of the molecule is c1ccc2c(c1)nc(-n1c3ccccc3c3c1c1c4ccccc4c4cccc3n41)c1ccccc12. The standard InChI is InChI=1S/C33H19N3/c1-4-14-24-20(10-1)21-11-5-7-16-26(21)34-33(24)36-28-17-8-6-15-25(28)30-29-19-9-18-27-22-12-2-3-13-23(22)31(32(30)36)35(27)29/h1-19H. The van der Waals surface area contributed by atoms with E-state index >= 15 is 0 Å². The van der Waals surface area contributed by atoms with Gasteiger partial charge in [0.1, 0.15) is 5.82 Å². The van der Waals surface area contributed by atoms with E-state index in [0.717, 1.165) is 16.7 Å². The van der Waals surface area contributed by atoms with Crippen molar-refractivity contribution in [2.24, 2.45) is 0 Å². The molecule has 0 radical (unpaired) electrons. The smallest absolute Gasteiger partial charge is 0.146 e. The third kappa shape index (κ3) is 2.08. The molecule has 0 N–H and O–H groups in total. The molecule has 0 fully saturated rings. The molecule has 36 heavy (non-hydrogen) atoms. The highest BCUT2D eigenvalue weighted by Gasteiger charge is 2.25. The van der Waals surface area contributed by atoms with Crippen molar-refractivity contribution in [3.63, 3.8) is 0 Å². The zero-order valence-corrected chi connectivity index (χ0v) is 19.3. The molecule has 0 spiro atoms. The van der Waals surface area contributed by atoms with Crippen LogP contribution in [0.5, 0.6) is 0 Å². The number of aromatic nitrogens is 3. The summed E-state index contributed by atoms with van der Waals surface area (Å²) in [7, 11) is 0. The lowest BCUT2D eigenvalue weighted by Crippen LogP contribution is -2.00. The molecule has 0 bridgehead atoms. The molecule has 0 amide bonds. The lowest BCUT2D eigenvalue weighted by Gasteiger charge is -2.13. The Hall–Kier alpha value is -4.89. The van der Waals surface area contributed by atoms with Crippen LogP contribution in [0.1, 0.15) is 0 Å². The van der Waals surface area contributed by atoms with E-state index in [1.165, 1.54) is 59.9 Å². The van der Waals surface area contributed by atoms with Crippen molar-refractivity contribution in [2.45, 2.75) is 0 Å². The maximum atomic E-state index is 5.32. The zero-order valence-electron chi connectivity index (χ0n) is 19.3. The number of rotatable bonds is 1. The normalized spacial score (nSPS) is 12.4.